The minimum atomic E-state index is -4.25. The molecule has 0 aliphatic rings. The number of para-hydroxylation sites is 1. The predicted octanol–water partition coefficient (Wildman–Crippen LogP) is 3.03. The number of hydrogen-bond donors (Lipinski definition) is 0. The van der Waals surface area contributed by atoms with Gasteiger partial charge in [0.2, 0.25) is 0 Å². The zero-order chi connectivity index (χ0) is 11.9. The van der Waals surface area contributed by atoms with Crippen molar-refractivity contribution in [1.82, 2.24) is 0 Å². The van der Waals surface area contributed by atoms with E-state index in [2.05, 4.69) is 4.74 Å². The Labute approximate surface area is 92.0 Å². The van der Waals surface area contributed by atoms with Gasteiger partial charge in [-0.25, -0.2) is 0 Å². The molecule has 0 aromatic heterocycles. The molecule has 0 unspecified atom stereocenters. The lowest BCUT2D eigenvalue weighted by atomic mass is 10.3. The van der Waals surface area contributed by atoms with E-state index in [4.69, 9.17) is 4.74 Å². The van der Waals surface area contributed by atoms with Gasteiger partial charge in [0.25, 0.3) is 0 Å². The first-order valence-electron chi connectivity index (χ1n) is 4.90. The minimum absolute atomic E-state index is 0.0480. The average Bonchev–Trinajstić information content (AvgIpc) is 2.23. The fraction of sp³-hybridized carbons (Fsp3) is 0.455. The van der Waals surface area contributed by atoms with Crippen LogP contribution in [0.5, 0.6) is 5.75 Å². The van der Waals surface area contributed by atoms with E-state index < -0.39 is 12.8 Å². The van der Waals surface area contributed by atoms with Gasteiger partial charge >= 0.3 is 6.18 Å². The molecule has 0 bridgehead atoms. The van der Waals surface area contributed by atoms with E-state index in [1.165, 1.54) is 0 Å². The van der Waals surface area contributed by atoms with Crippen LogP contribution < -0.4 is 4.74 Å². The van der Waals surface area contributed by atoms with E-state index in [1.54, 1.807) is 12.1 Å². The summed E-state index contributed by atoms with van der Waals surface area (Å²) in [6, 6.07) is 9.09. The van der Waals surface area contributed by atoms with Crippen LogP contribution in [0.3, 0.4) is 0 Å². The fourth-order valence-electron chi connectivity index (χ4n) is 1.06. The molecular weight excluding hydrogens is 221 g/mol. The molecule has 0 heterocycles. The van der Waals surface area contributed by atoms with Gasteiger partial charge < -0.3 is 9.47 Å². The lowest BCUT2D eigenvalue weighted by molar-refractivity contribution is -0.174. The molecule has 0 fully saturated rings. The Morgan fingerprint density at radius 2 is 1.69 bits per heavy atom. The van der Waals surface area contributed by atoms with Gasteiger partial charge in [-0.3, -0.25) is 0 Å². The molecule has 90 valence electrons. The largest absolute Gasteiger partial charge is 0.494 e. The van der Waals surface area contributed by atoms with Gasteiger partial charge in [-0.2, -0.15) is 13.2 Å². The lowest BCUT2D eigenvalue weighted by Gasteiger charge is -2.08. The third-order valence-electron chi connectivity index (χ3n) is 1.71. The number of hydrogen-bond acceptors (Lipinski definition) is 2. The molecule has 1 aromatic carbocycles. The van der Waals surface area contributed by atoms with E-state index in [9.17, 15) is 13.2 Å². The maximum absolute atomic E-state index is 11.7. The van der Waals surface area contributed by atoms with Crippen LogP contribution in [0.4, 0.5) is 13.2 Å². The zero-order valence-corrected chi connectivity index (χ0v) is 8.67. The molecule has 0 radical (unpaired) electrons. The summed E-state index contributed by atoms with van der Waals surface area (Å²) in [6.45, 7) is -0.799. The normalized spacial score (nSPS) is 11.4. The average molecular weight is 234 g/mol. The smallest absolute Gasteiger partial charge is 0.411 e. The molecular formula is C11H13F3O2. The van der Waals surface area contributed by atoms with Crippen molar-refractivity contribution in [3.8, 4) is 5.75 Å². The summed E-state index contributed by atoms with van der Waals surface area (Å²) in [6.07, 6.45) is -3.81. The summed E-state index contributed by atoms with van der Waals surface area (Å²) >= 11 is 0. The maximum Gasteiger partial charge on any atom is 0.411 e. The number of ether oxygens (including phenoxy) is 2. The van der Waals surface area contributed by atoms with Crippen molar-refractivity contribution in [2.24, 2.45) is 0 Å². The molecule has 0 spiro atoms. The van der Waals surface area contributed by atoms with Crippen molar-refractivity contribution in [1.29, 1.82) is 0 Å². The van der Waals surface area contributed by atoms with Crippen LogP contribution in [0.25, 0.3) is 0 Å². The summed E-state index contributed by atoms with van der Waals surface area (Å²) in [5.41, 5.74) is 0. The molecule has 1 aromatic rings. The monoisotopic (exact) mass is 234 g/mol. The molecule has 0 saturated carbocycles. The van der Waals surface area contributed by atoms with Gasteiger partial charge in [0.1, 0.15) is 12.4 Å². The van der Waals surface area contributed by atoms with Gasteiger partial charge in [0.15, 0.2) is 0 Å². The summed E-state index contributed by atoms with van der Waals surface area (Å²) in [5, 5.41) is 0. The minimum Gasteiger partial charge on any atom is -0.494 e. The first kappa shape index (κ1) is 12.8. The van der Waals surface area contributed by atoms with E-state index in [0.717, 1.165) is 0 Å². The Balaban J connectivity index is 2.01. The number of alkyl halides is 3. The predicted molar refractivity (Wildman–Crippen MR) is 53.4 cm³/mol. The van der Waals surface area contributed by atoms with Crippen LogP contribution in [0.1, 0.15) is 6.42 Å². The second kappa shape index (κ2) is 6.37. The van der Waals surface area contributed by atoms with Gasteiger partial charge in [-0.15, -0.1) is 0 Å². The van der Waals surface area contributed by atoms with E-state index in [1.807, 2.05) is 18.2 Å². The van der Waals surface area contributed by atoms with Gasteiger partial charge in [-0.1, -0.05) is 18.2 Å². The van der Waals surface area contributed by atoms with Crippen LogP contribution in [-0.4, -0.2) is 26.0 Å². The summed E-state index contributed by atoms with van der Waals surface area (Å²) < 4.78 is 44.7. The third kappa shape index (κ3) is 6.29. The van der Waals surface area contributed by atoms with Gasteiger partial charge in [0, 0.05) is 6.42 Å². The Morgan fingerprint density at radius 3 is 2.31 bits per heavy atom. The summed E-state index contributed by atoms with van der Waals surface area (Å²) in [7, 11) is 0. The molecule has 16 heavy (non-hydrogen) atoms. The fourth-order valence-corrected chi connectivity index (χ4v) is 1.06. The highest BCUT2D eigenvalue weighted by Crippen LogP contribution is 2.14. The molecule has 0 N–H and O–H groups in total. The van der Waals surface area contributed by atoms with Crippen LogP contribution in [-0.2, 0) is 4.74 Å². The molecule has 5 heteroatoms. The van der Waals surface area contributed by atoms with E-state index in [-0.39, 0.29) is 6.61 Å². The maximum atomic E-state index is 11.7. The van der Waals surface area contributed by atoms with Crippen LogP contribution >= 0.6 is 0 Å². The number of halogens is 3. The number of rotatable bonds is 6. The van der Waals surface area contributed by atoms with Crippen LogP contribution in [0.2, 0.25) is 0 Å². The quantitative estimate of drug-likeness (QED) is 0.704. The second-order valence-corrected chi connectivity index (χ2v) is 3.18. The highest BCUT2D eigenvalue weighted by atomic mass is 19.4. The standard InChI is InChI=1S/C11H13F3O2/c12-11(13,14)9-15-7-4-8-16-10-5-2-1-3-6-10/h1-3,5-6H,4,7-9H2. The Hall–Kier alpha value is -1.23. The molecule has 0 aliphatic carbocycles. The molecule has 1 rings (SSSR count). The van der Waals surface area contributed by atoms with Gasteiger partial charge in [0.05, 0.1) is 13.2 Å². The van der Waals surface area contributed by atoms with E-state index in [0.29, 0.717) is 18.8 Å². The Morgan fingerprint density at radius 1 is 1.00 bits per heavy atom. The third-order valence-corrected chi connectivity index (χ3v) is 1.71. The topological polar surface area (TPSA) is 18.5 Å². The zero-order valence-electron chi connectivity index (χ0n) is 8.67. The first-order valence-corrected chi connectivity index (χ1v) is 4.90. The highest BCUT2D eigenvalue weighted by molar-refractivity contribution is 5.20. The van der Waals surface area contributed by atoms with E-state index >= 15 is 0 Å². The first-order chi connectivity index (χ1) is 7.58. The summed E-state index contributed by atoms with van der Waals surface area (Å²) in [4.78, 5) is 0. The van der Waals surface area contributed by atoms with Crippen LogP contribution in [0, 0.1) is 0 Å². The van der Waals surface area contributed by atoms with Crippen molar-refractivity contribution < 1.29 is 22.6 Å². The molecule has 0 amide bonds. The van der Waals surface area contributed by atoms with Crippen molar-refractivity contribution in [2.45, 2.75) is 12.6 Å². The number of benzene rings is 1. The molecule has 2 nitrogen and oxygen atoms in total. The Kier molecular flexibility index (Phi) is 5.11. The summed E-state index contributed by atoms with van der Waals surface area (Å²) in [5.74, 6) is 0.707. The van der Waals surface area contributed by atoms with Crippen molar-refractivity contribution in [2.75, 3.05) is 19.8 Å². The van der Waals surface area contributed by atoms with Crippen molar-refractivity contribution in [3.05, 3.63) is 30.3 Å². The molecule has 0 aliphatic heterocycles. The van der Waals surface area contributed by atoms with Crippen LogP contribution in [0.15, 0.2) is 30.3 Å². The molecule has 0 saturated heterocycles. The van der Waals surface area contributed by atoms with Gasteiger partial charge in [-0.05, 0) is 12.1 Å². The second-order valence-electron chi connectivity index (χ2n) is 3.18. The highest BCUT2D eigenvalue weighted by Gasteiger charge is 2.27. The Bertz CT molecular complexity index is 285. The SMILES string of the molecule is FC(F)(F)COCCCOc1ccccc1. The van der Waals surface area contributed by atoms with Crippen molar-refractivity contribution in [3.63, 3.8) is 0 Å². The molecule has 0 atom stereocenters. The lowest BCUT2D eigenvalue weighted by Crippen LogP contribution is -2.18. The van der Waals surface area contributed by atoms with Crippen molar-refractivity contribution >= 4 is 0 Å².